The number of aromatic nitrogens is 1. The summed E-state index contributed by atoms with van der Waals surface area (Å²) in [6, 6.07) is 8.65. The molecule has 2 aromatic rings. The van der Waals surface area contributed by atoms with Gasteiger partial charge in [-0.25, -0.2) is 0 Å². The molecule has 0 aromatic carbocycles. The molecule has 2 aliphatic rings. The molecule has 27 heavy (non-hydrogen) atoms. The summed E-state index contributed by atoms with van der Waals surface area (Å²) in [5.74, 6) is -0.296. The van der Waals surface area contributed by atoms with Crippen molar-refractivity contribution in [3.63, 3.8) is 0 Å². The zero-order chi connectivity index (χ0) is 18.7. The Morgan fingerprint density at radius 2 is 2.07 bits per heavy atom. The second-order valence-electron chi connectivity index (χ2n) is 7.02. The number of hydrogen-bond donors (Lipinski definition) is 1. The molecule has 2 fully saturated rings. The lowest BCUT2D eigenvalue weighted by Crippen LogP contribution is -2.56. The van der Waals surface area contributed by atoms with Crippen LogP contribution >= 0.6 is 11.3 Å². The van der Waals surface area contributed by atoms with Gasteiger partial charge in [-0.15, -0.1) is 11.3 Å². The van der Waals surface area contributed by atoms with Crippen LogP contribution in [0.25, 0.3) is 0 Å². The van der Waals surface area contributed by atoms with Crippen LogP contribution in [0, 0.1) is 0 Å². The van der Waals surface area contributed by atoms with E-state index in [0.29, 0.717) is 11.4 Å². The van der Waals surface area contributed by atoms with E-state index in [-0.39, 0.29) is 18.4 Å². The molecule has 1 N–H and O–H groups in total. The lowest BCUT2D eigenvalue weighted by molar-refractivity contribution is -0.127. The SMILES string of the molecule is O=C(NCc1ccccn1)C1COC2(CCCCC2)N1C(=O)c1cccs1. The van der Waals surface area contributed by atoms with Gasteiger partial charge in [0.1, 0.15) is 11.8 Å². The van der Waals surface area contributed by atoms with Crippen molar-refractivity contribution in [3.8, 4) is 0 Å². The average molecular weight is 385 g/mol. The minimum absolute atomic E-state index is 0.109. The molecule has 142 valence electrons. The first-order valence-corrected chi connectivity index (χ1v) is 10.3. The molecule has 1 aliphatic heterocycles. The summed E-state index contributed by atoms with van der Waals surface area (Å²) < 4.78 is 6.13. The van der Waals surface area contributed by atoms with Crippen molar-refractivity contribution >= 4 is 23.2 Å². The molecule has 6 nitrogen and oxygen atoms in total. The molecular formula is C20H23N3O3S. The first-order valence-electron chi connectivity index (χ1n) is 9.38. The highest BCUT2D eigenvalue weighted by molar-refractivity contribution is 7.12. The largest absolute Gasteiger partial charge is 0.353 e. The quantitative estimate of drug-likeness (QED) is 0.878. The van der Waals surface area contributed by atoms with Gasteiger partial charge in [0.05, 0.1) is 23.7 Å². The van der Waals surface area contributed by atoms with E-state index >= 15 is 0 Å². The molecule has 3 heterocycles. The van der Waals surface area contributed by atoms with Gasteiger partial charge in [0.25, 0.3) is 5.91 Å². The van der Waals surface area contributed by atoms with Gasteiger partial charge in [0.2, 0.25) is 5.91 Å². The smallest absolute Gasteiger partial charge is 0.266 e. The third-order valence-electron chi connectivity index (χ3n) is 5.32. The Bertz CT molecular complexity index is 788. The summed E-state index contributed by atoms with van der Waals surface area (Å²) in [6.45, 7) is 0.579. The van der Waals surface area contributed by atoms with Crippen molar-refractivity contribution in [2.75, 3.05) is 6.61 Å². The molecule has 2 aromatic heterocycles. The van der Waals surface area contributed by atoms with Crippen molar-refractivity contribution in [3.05, 3.63) is 52.5 Å². The van der Waals surface area contributed by atoms with Crippen LogP contribution in [0.2, 0.25) is 0 Å². The van der Waals surface area contributed by atoms with Gasteiger partial charge in [-0.3, -0.25) is 19.5 Å². The fraction of sp³-hybridized carbons (Fsp3) is 0.450. The highest BCUT2D eigenvalue weighted by Crippen LogP contribution is 2.41. The molecule has 1 spiro atoms. The Morgan fingerprint density at radius 1 is 1.22 bits per heavy atom. The summed E-state index contributed by atoms with van der Waals surface area (Å²) >= 11 is 1.40. The molecule has 0 radical (unpaired) electrons. The van der Waals surface area contributed by atoms with Gasteiger partial charge < -0.3 is 10.1 Å². The zero-order valence-electron chi connectivity index (χ0n) is 15.1. The first kappa shape index (κ1) is 18.1. The fourth-order valence-corrected chi connectivity index (χ4v) is 4.65. The van der Waals surface area contributed by atoms with Crippen molar-refractivity contribution in [2.24, 2.45) is 0 Å². The van der Waals surface area contributed by atoms with E-state index in [1.807, 2.05) is 35.7 Å². The normalized spacial score (nSPS) is 21.3. The highest BCUT2D eigenvalue weighted by atomic mass is 32.1. The maximum atomic E-state index is 13.2. The number of amides is 2. The molecule has 1 unspecified atom stereocenters. The van der Waals surface area contributed by atoms with Gasteiger partial charge in [0, 0.05) is 6.20 Å². The average Bonchev–Trinajstić information content (AvgIpc) is 3.36. The number of nitrogens with zero attached hydrogens (tertiary/aromatic N) is 2. The second-order valence-corrected chi connectivity index (χ2v) is 7.97. The van der Waals surface area contributed by atoms with Crippen LogP contribution in [-0.2, 0) is 16.1 Å². The summed E-state index contributed by atoms with van der Waals surface area (Å²) in [6.07, 6.45) is 6.43. The second kappa shape index (κ2) is 7.78. The molecule has 1 aliphatic carbocycles. The van der Waals surface area contributed by atoms with Gasteiger partial charge in [0.15, 0.2) is 0 Å². The molecule has 1 saturated carbocycles. The predicted octanol–water partition coefficient (Wildman–Crippen LogP) is 2.96. The lowest BCUT2D eigenvalue weighted by atomic mass is 9.90. The van der Waals surface area contributed by atoms with Crippen LogP contribution in [0.1, 0.15) is 47.5 Å². The number of carbonyl (C=O) groups is 2. The number of ether oxygens (including phenoxy) is 1. The van der Waals surface area contributed by atoms with E-state index in [2.05, 4.69) is 10.3 Å². The van der Waals surface area contributed by atoms with E-state index in [1.54, 1.807) is 11.1 Å². The van der Waals surface area contributed by atoms with Crippen molar-refractivity contribution in [2.45, 2.75) is 50.4 Å². The fourth-order valence-electron chi connectivity index (χ4n) is 3.99. The summed E-state index contributed by atoms with van der Waals surface area (Å²) in [4.78, 5) is 32.7. The van der Waals surface area contributed by atoms with E-state index in [1.165, 1.54) is 11.3 Å². The molecule has 0 bridgehead atoms. The minimum atomic E-state index is -0.647. The summed E-state index contributed by atoms with van der Waals surface area (Å²) in [5.41, 5.74) is 0.139. The Hall–Kier alpha value is -2.25. The van der Waals surface area contributed by atoms with E-state index < -0.39 is 11.8 Å². The maximum Gasteiger partial charge on any atom is 0.266 e. The van der Waals surface area contributed by atoms with Gasteiger partial charge in [-0.05, 0) is 49.3 Å². The molecule has 2 amide bonds. The predicted molar refractivity (Wildman–Crippen MR) is 102 cm³/mol. The molecule has 4 rings (SSSR count). The monoisotopic (exact) mass is 385 g/mol. The van der Waals surface area contributed by atoms with Crippen LogP contribution in [0.4, 0.5) is 0 Å². The number of pyridine rings is 1. The maximum absolute atomic E-state index is 13.2. The van der Waals surface area contributed by atoms with E-state index in [9.17, 15) is 9.59 Å². The summed E-state index contributed by atoms with van der Waals surface area (Å²) in [5, 5.41) is 4.80. The number of hydrogen-bond acceptors (Lipinski definition) is 5. The van der Waals surface area contributed by atoms with Crippen molar-refractivity contribution in [1.29, 1.82) is 0 Å². The first-order chi connectivity index (χ1) is 13.2. The van der Waals surface area contributed by atoms with Gasteiger partial charge in [-0.1, -0.05) is 18.6 Å². The van der Waals surface area contributed by atoms with E-state index in [0.717, 1.165) is 37.8 Å². The third-order valence-corrected chi connectivity index (χ3v) is 6.18. The molecule has 7 heteroatoms. The molecule has 1 saturated heterocycles. The van der Waals surface area contributed by atoms with Gasteiger partial charge in [-0.2, -0.15) is 0 Å². The number of carbonyl (C=O) groups excluding carboxylic acids is 2. The van der Waals surface area contributed by atoms with Crippen LogP contribution < -0.4 is 5.32 Å². The standard InChI is InChI=1S/C20H23N3O3S/c24-18(22-13-15-7-2-5-11-21-15)16-14-26-20(9-3-1-4-10-20)23(16)19(25)17-8-6-12-27-17/h2,5-8,11-12,16H,1,3-4,9-10,13-14H2,(H,22,24). The zero-order valence-corrected chi connectivity index (χ0v) is 15.9. The Kier molecular flexibility index (Phi) is 5.22. The molecular weight excluding hydrogens is 362 g/mol. The van der Waals surface area contributed by atoms with Crippen molar-refractivity contribution in [1.82, 2.24) is 15.2 Å². The lowest BCUT2D eigenvalue weighted by Gasteiger charge is -2.41. The Labute approximate surface area is 162 Å². The number of rotatable bonds is 4. The Balaban J connectivity index is 1.54. The number of nitrogens with one attached hydrogen (secondary N) is 1. The van der Waals surface area contributed by atoms with Crippen LogP contribution in [0.3, 0.4) is 0 Å². The van der Waals surface area contributed by atoms with Crippen LogP contribution in [-0.4, -0.2) is 40.1 Å². The Morgan fingerprint density at radius 3 is 2.78 bits per heavy atom. The highest BCUT2D eigenvalue weighted by Gasteiger charge is 2.53. The van der Waals surface area contributed by atoms with Crippen molar-refractivity contribution < 1.29 is 14.3 Å². The van der Waals surface area contributed by atoms with Crippen LogP contribution in [0.15, 0.2) is 41.9 Å². The van der Waals surface area contributed by atoms with Gasteiger partial charge >= 0.3 is 0 Å². The van der Waals surface area contributed by atoms with E-state index in [4.69, 9.17) is 4.74 Å². The van der Waals surface area contributed by atoms with Crippen LogP contribution in [0.5, 0.6) is 0 Å². The topological polar surface area (TPSA) is 71.5 Å². The minimum Gasteiger partial charge on any atom is -0.353 e. The number of thiophene rings is 1. The summed E-state index contributed by atoms with van der Waals surface area (Å²) in [7, 11) is 0. The molecule has 1 atom stereocenters. The third kappa shape index (κ3) is 3.61.